The van der Waals surface area contributed by atoms with Crippen LogP contribution in [0.25, 0.3) is 0 Å². The fraction of sp³-hybridized carbons (Fsp3) is 0.474. The van der Waals surface area contributed by atoms with Gasteiger partial charge in [0.2, 0.25) is 0 Å². The molecule has 7 nitrogen and oxygen atoms in total. The molecule has 0 spiro atoms. The number of morpholine rings is 1. The van der Waals surface area contributed by atoms with Crippen molar-refractivity contribution in [1.29, 1.82) is 0 Å². The van der Waals surface area contributed by atoms with E-state index >= 15 is 0 Å². The summed E-state index contributed by atoms with van der Waals surface area (Å²) < 4.78 is 5.37. The van der Waals surface area contributed by atoms with Gasteiger partial charge in [-0.25, -0.2) is 4.79 Å². The number of hydrogen-bond donors (Lipinski definition) is 1. The van der Waals surface area contributed by atoms with Crippen LogP contribution in [0.5, 0.6) is 0 Å². The topological polar surface area (TPSA) is 65.1 Å². The number of rotatable bonds is 4. The Hall–Kier alpha value is -1.80. The number of carbonyl (C=O) groups is 2. The molecule has 1 fully saturated rings. The fourth-order valence-corrected chi connectivity index (χ4v) is 4.28. The van der Waals surface area contributed by atoms with Crippen molar-refractivity contribution < 1.29 is 14.3 Å². The highest BCUT2D eigenvalue weighted by atomic mass is 35.5. The molecular weight excluding hydrogens is 403 g/mol. The Balaban J connectivity index is 1.58. The van der Waals surface area contributed by atoms with Gasteiger partial charge < -0.3 is 15.0 Å². The Morgan fingerprint density at radius 3 is 2.68 bits per heavy atom. The first kappa shape index (κ1) is 19.5. The number of likely N-dealkylation sites (N-methyl/N-ethyl adjacent to an activating group) is 1. The molecule has 0 radical (unpaired) electrons. The predicted molar refractivity (Wildman–Crippen MR) is 106 cm³/mol. The molecular formula is C19H22Cl2N4O3. The minimum atomic E-state index is -0.606. The largest absolute Gasteiger partial charge is 0.379 e. The van der Waals surface area contributed by atoms with Gasteiger partial charge in [0.1, 0.15) is 0 Å². The van der Waals surface area contributed by atoms with Gasteiger partial charge in [0, 0.05) is 33.2 Å². The standard InChI is InChI=1S/C19H22Cl2N4O3/c1-23-14-11-25(6-5-24-7-9-28-10-8-24)18(26)15(14)17(22-19(23)27)12-3-2-4-13(20)16(12)21/h2-4,17H,5-11H2,1H3,(H,22,27). The molecule has 1 atom stereocenters. The van der Waals surface area contributed by atoms with Crippen molar-refractivity contribution in [2.45, 2.75) is 6.04 Å². The van der Waals surface area contributed by atoms with E-state index in [2.05, 4.69) is 10.2 Å². The predicted octanol–water partition coefficient (Wildman–Crippen LogP) is 2.12. The molecule has 1 aromatic rings. The summed E-state index contributed by atoms with van der Waals surface area (Å²) >= 11 is 12.5. The van der Waals surface area contributed by atoms with Gasteiger partial charge in [-0.15, -0.1) is 0 Å². The van der Waals surface area contributed by atoms with Crippen LogP contribution in [0.4, 0.5) is 4.79 Å². The second-order valence-corrected chi connectivity index (χ2v) is 7.91. The number of nitrogens with one attached hydrogen (secondary N) is 1. The third-order valence-corrected chi connectivity index (χ3v) is 6.35. The highest BCUT2D eigenvalue weighted by Crippen LogP contribution is 2.39. The number of halogens is 2. The van der Waals surface area contributed by atoms with Gasteiger partial charge in [0.05, 0.1) is 47.1 Å². The third-order valence-electron chi connectivity index (χ3n) is 5.52. The second-order valence-electron chi connectivity index (χ2n) is 7.13. The first-order chi connectivity index (χ1) is 13.5. The van der Waals surface area contributed by atoms with Gasteiger partial charge in [0.25, 0.3) is 5.91 Å². The summed E-state index contributed by atoms with van der Waals surface area (Å²) in [5, 5.41) is 3.63. The van der Waals surface area contributed by atoms with Crippen LogP contribution in [-0.2, 0) is 9.53 Å². The lowest BCUT2D eigenvalue weighted by molar-refractivity contribution is -0.126. The fourth-order valence-electron chi connectivity index (χ4n) is 3.87. The first-order valence-corrected chi connectivity index (χ1v) is 10.0. The summed E-state index contributed by atoms with van der Waals surface area (Å²) in [5.41, 5.74) is 1.91. The Labute approximate surface area is 173 Å². The van der Waals surface area contributed by atoms with E-state index in [0.717, 1.165) is 38.5 Å². The molecule has 1 N–H and O–H groups in total. The minimum Gasteiger partial charge on any atom is -0.379 e. The maximum absolute atomic E-state index is 13.2. The van der Waals surface area contributed by atoms with Crippen molar-refractivity contribution in [2.75, 3.05) is 53.0 Å². The average Bonchev–Trinajstić information content (AvgIpc) is 3.03. The van der Waals surface area contributed by atoms with Crippen LogP contribution in [-0.4, -0.2) is 79.6 Å². The number of ether oxygens (including phenoxy) is 1. The third kappa shape index (κ3) is 3.48. The summed E-state index contributed by atoms with van der Waals surface area (Å²) in [7, 11) is 1.68. The SMILES string of the molecule is CN1C(=O)NC(c2cccc(Cl)c2Cl)C2=C1CN(CCN1CCOCC1)C2=O. The lowest BCUT2D eigenvalue weighted by atomic mass is 9.95. The molecule has 3 aliphatic rings. The van der Waals surface area contributed by atoms with Crippen molar-refractivity contribution in [3.8, 4) is 0 Å². The summed E-state index contributed by atoms with van der Waals surface area (Å²) in [6.07, 6.45) is 0. The highest BCUT2D eigenvalue weighted by molar-refractivity contribution is 6.42. The number of benzene rings is 1. The van der Waals surface area contributed by atoms with E-state index in [1.165, 1.54) is 4.90 Å². The molecule has 3 heterocycles. The average molecular weight is 425 g/mol. The van der Waals surface area contributed by atoms with E-state index in [0.29, 0.717) is 34.3 Å². The molecule has 9 heteroatoms. The first-order valence-electron chi connectivity index (χ1n) is 9.28. The van der Waals surface area contributed by atoms with Crippen molar-refractivity contribution in [1.82, 2.24) is 20.0 Å². The van der Waals surface area contributed by atoms with E-state index in [9.17, 15) is 9.59 Å². The zero-order valence-corrected chi connectivity index (χ0v) is 17.1. The summed E-state index contributed by atoms with van der Waals surface area (Å²) in [4.78, 5) is 31.3. The van der Waals surface area contributed by atoms with Gasteiger partial charge in [0.15, 0.2) is 0 Å². The van der Waals surface area contributed by atoms with Crippen LogP contribution in [0.2, 0.25) is 10.0 Å². The van der Waals surface area contributed by atoms with Gasteiger partial charge >= 0.3 is 6.03 Å². The number of carbonyl (C=O) groups excluding carboxylic acids is 2. The van der Waals surface area contributed by atoms with Crippen LogP contribution in [0.1, 0.15) is 11.6 Å². The maximum atomic E-state index is 13.2. The number of hydrogen-bond acceptors (Lipinski definition) is 4. The molecule has 3 amide bonds. The molecule has 0 bridgehead atoms. The molecule has 1 aromatic carbocycles. The van der Waals surface area contributed by atoms with E-state index in [1.54, 1.807) is 30.1 Å². The molecule has 0 aromatic heterocycles. The molecule has 1 unspecified atom stereocenters. The summed E-state index contributed by atoms with van der Waals surface area (Å²) in [5.74, 6) is -0.0730. The molecule has 150 valence electrons. The summed E-state index contributed by atoms with van der Waals surface area (Å²) in [6.45, 7) is 4.98. The number of nitrogens with zero attached hydrogens (tertiary/aromatic N) is 3. The maximum Gasteiger partial charge on any atom is 0.322 e. The normalized spacial score (nSPS) is 23.3. The molecule has 0 aliphatic carbocycles. The van der Waals surface area contributed by atoms with E-state index in [-0.39, 0.29) is 11.9 Å². The Kier molecular flexibility index (Phi) is 5.51. The zero-order chi connectivity index (χ0) is 19.8. The Morgan fingerprint density at radius 2 is 1.93 bits per heavy atom. The van der Waals surface area contributed by atoms with Crippen LogP contribution in [0, 0.1) is 0 Å². The summed E-state index contributed by atoms with van der Waals surface area (Å²) in [6, 6.07) is 4.38. The zero-order valence-electron chi connectivity index (χ0n) is 15.6. The van der Waals surface area contributed by atoms with Crippen molar-refractivity contribution >= 4 is 35.1 Å². The molecule has 28 heavy (non-hydrogen) atoms. The van der Waals surface area contributed by atoms with E-state index in [4.69, 9.17) is 27.9 Å². The smallest absolute Gasteiger partial charge is 0.322 e. The van der Waals surface area contributed by atoms with Gasteiger partial charge in [-0.05, 0) is 11.6 Å². The molecule has 0 saturated carbocycles. The van der Waals surface area contributed by atoms with Crippen molar-refractivity contribution in [2.24, 2.45) is 0 Å². The van der Waals surface area contributed by atoms with Crippen LogP contribution in [0.15, 0.2) is 29.5 Å². The lowest BCUT2D eigenvalue weighted by Gasteiger charge is -2.31. The molecule has 4 rings (SSSR count). The van der Waals surface area contributed by atoms with E-state index in [1.807, 2.05) is 0 Å². The molecule has 3 aliphatic heterocycles. The minimum absolute atomic E-state index is 0.0730. The number of urea groups is 1. The second kappa shape index (κ2) is 7.91. The van der Waals surface area contributed by atoms with Crippen molar-refractivity contribution in [3.63, 3.8) is 0 Å². The Morgan fingerprint density at radius 1 is 1.18 bits per heavy atom. The Bertz CT molecular complexity index is 838. The van der Waals surface area contributed by atoms with Crippen LogP contribution in [0.3, 0.4) is 0 Å². The van der Waals surface area contributed by atoms with Gasteiger partial charge in [-0.3, -0.25) is 14.6 Å². The quantitative estimate of drug-likeness (QED) is 0.803. The van der Waals surface area contributed by atoms with Crippen molar-refractivity contribution in [3.05, 3.63) is 45.1 Å². The van der Waals surface area contributed by atoms with Crippen LogP contribution >= 0.6 is 23.2 Å². The lowest BCUT2D eigenvalue weighted by Crippen LogP contribution is -2.45. The number of amides is 3. The highest BCUT2D eigenvalue weighted by Gasteiger charge is 2.43. The monoisotopic (exact) mass is 424 g/mol. The molecule has 1 saturated heterocycles. The van der Waals surface area contributed by atoms with Gasteiger partial charge in [-0.2, -0.15) is 0 Å². The van der Waals surface area contributed by atoms with E-state index < -0.39 is 6.04 Å². The van der Waals surface area contributed by atoms with Gasteiger partial charge in [-0.1, -0.05) is 35.3 Å². The van der Waals surface area contributed by atoms with Crippen LogP contribution < -0.4 is 5.32 Å².